The summed E-state index contributed by atoms with van der Waals surface area (Å²) in [6.45, 7) is 0.570. The van der Waals surface area contributed by atoms with Gasteiger partial charge in [0.05, 0.1) is 30.4 Å². The first kappa shape index (κ1) is 14.8. The number of carbonyl (C=O) groups excluding carboxylic acids is 1. The lowest BCUT2D eigenvalue weighted by molar-refractivity contribution is -0.137. The van der Waals surface area contributed by atoms with Gasteiger partial charge in [-0.25, -0.2) is 0 Å². The van der Waals surface area contributed by atoms with E-state index in [0.717, 1.165) is 6.07 Å². The molecule has 1 heterocycles. The Morgan fingerprint density at radius 2 is 2.00 bits per heavy atom. The van der Waals surface area contributed by atoms with Gasteiger partial charge in [0.1, 0.15) is 0 Å². The zero-order chi connectivity index (χ0) is 14.8. The summed E-state index contributed by atoms with van der Waals surface area (Å²) in [6.07, 6.45) is -4.50. The second-order valence-electron chi connectivity index (χ2n) is 4.57. The van der Waals surface area contributed by atoms with Crippen LogP contribution in [0, 0.1) is 5.92 Å². The lowest BCUT2D eigenvalue weighted by Gasteiger charge is -2.18. The predicted octanol–water partition coefficient (Wildman–Crippen LogP) is 1.88. The zero-order valence-corrected chi connectivity index (χ0v) is 10.8. The normalized spacial score (nSPS) is 22.8. The molecular weight excluding hydrogens is 273 g/mol. The van der Waals surface area contributed by atoms with E-state index in [1.165, 1.54) is 18.2 Å². The average Bonchev–Trinajstić information content (AvgIpc) is 2.86. The van der Waals surface area contributed by atoms with Gasteiger partial charge in [-0.1, -0.05) is 12.1 Å². The highest BCUT2D eigenvalue weighted by atomic mass is 19.4. The largest absolute Gasteiger partial charge is 0.418 e. The number of hydrogen-bond acceptors (Lipinski definition) is 3. The molecule has 110 valence electrons. The molecule has 2 unspecified atom stereocenters. The van der Waals surface area contributed by atoms with Crippen LogP contribution in [0.2, 0.25) is 0 Å². The van der Waals surface area contributed by atoms with E-state index in [2.05, 4.69) is 10.6 Å². The third-order valence-corrected chi connectivity index (χ3v) is 3.28. The van der Waals surface area contributed by atoms with Gasteiger partial charge >= 0.3 is 6.18 Å². The molecule has 1 aromatic carbocycles. The molecule has 2 rings (SSSR count). The summed E-state index contributed by atoms with van der Waals surface area (Å²) in [7, 11) is 1.68. The number of benzene rings is 1. The van der Waals surface area contributed by atoms with Crippen LogP contribution in [0.1, 0.15) is 5.56 Å². The van der Waals surface area contributed by atoms with Crippen LogP contribution in [0.4, 0.5) is 18.9 Å². The van der Waals surface area contributed by atoms with Crippen molar-refractivity contribution in [1.29, 1.82) is 0 Å². The summed E-state index contributed by atoms with van der Waals surface area (Å²) in [5.41, 5.74) is -1.08. The van der Waals surface area contributed by atoms with Gasteiger partial charge in [0.25, 0.3) is 0 Å². The van der Waals surface area contributed by atoms with Crippen LogP contribution in [0.25, 0.3) is 0 Å². The van der Waals surface area contributed by atoms with Crippen molar-refractivity contribution < 1.29 is 22.7 Å². The second-order valence-corrected chi connectivity index (χ2v) is 4.57. The summed E-state index contributed by atoms with van der Waals surface area (Å²) >= 11 is 0. The highest BCUT2D eigenvalue weighted by molar-refractivity contribution is 5.94. The number of hydrogen-bond donors (Lipinski definition) is 2. The number of likely N-dealkylation sites (N-methyl/N-ethyl adjacent to an activating group) is 1. The highest BCUT2D eigenvalue weighted by Crippen LogP contribution is 2.34. The maximum atomic E-state index is 12.8. The van der Waals surface area contributed by atoms with E-state index < -0.39 is 23.6 Å². The van der Waals surface area contributed by atoms with Gasteiger partial charge in [0, 0.05) is 6.04 Å². The first-order valence-corrected chi connectivity index (χ1v) is 6.15. The molecule has 20 heavy (non-hydrogen) atoms. The van der Waals surface area contributed by atoms with Crippen LogP contribution in [-0.4, -0.2) is 32.2 Å². The Balaban J connectivity index is 2.16. The van der Waals surface area contributed by atoms with Gasteiger partial charge in [-0.05, 0) is 19.2 Å². The van der Waals surface area contributed by atoms with E-state index in [-0.39, 0.29) is 18.3 Å². The summed E-state index contributed by atoms with van der Waals surface area (Å²) in [5.74, 6) is -0.972. The third-order valence-electron chi connectivity index (χ3n) is 3.28. The molecule has 2 atom stereocenters. The summed E-state index contributed by atoms with van der Waals surface area (Å²) in [5, 5.41) is 5.26. The minimum Gasteiger partial charge on any atom is -0.379 e. The zero-order valence-electron chi connectivity index (χ0n) is 10.8. The molecule has 0 saturated carbocycles. The smallest absolute Gasteiger partial charge is 0.379 e. The molecule has 0 aromatic heterocycles. The minimum atomic E-state index is -4.50. The quantitative estimate of drug-likeness (QED) is 0.893. The van der Waals surface area contributed by atoms with Crippen molar-refractivity contribution in [3.63, 3.8) is 0 Å². The number of alkyl halides is 3. The number of para-hydroxylation sites is 1. The summed E-state index contributed by atoms with van der Waals surface area (Å²) in [6, 6.07) is 4.73. The molecule has 4 nitrogen and oxygen atoms in total. The number of carbonyl (C=O) groups is 1. The van der Waals surface area contributed by atoms with Crippen molar-refractivity contribution >= 4 is 11.6 Å². The molecule has 1 aliphatic heterocycles. The topological polar surface area (TPSA) is 50.4 Å². The molecule has 7 heteroatoms. The summed E-state index contributed by atoms with van der Waals surface area (Å²) < 4.78 is 43.7. The molecule has 0 spiro atoms. The van der Waals surface area contributed by atoms with Gasteiger partial charge in [-0.3, -0.25) is 4.79 Å². The molecule has 1 amide bonds. The molecule has 0 bridgehead atoms. The Hall–Kier alpha value is -1.60. The lowest BCUT2D eigenvalue weighted by Crippen LogP contribution is -2.39. The molecule has 2 N–H and O–H groups in total. The molecular formula is C13H15F3N2O2. The molecule has 1 fully saturated rings. The standard InChI is InChI=1S/C13H15F3N2O2/c1-17-11-7-20-6-8(11)12(19)18-10-5-3-2-4-9(10)13(14,15)16/h2-5,8,11,17H,6-7H2,1H3,(H,18,19). The fourth-order valence-electron chi connectivity index (χ4n) is 2.16. The number of halogens is 3. The van der Waals surface area contributed by atoms with E-state index in [9.17, 15) is 18.0 Å². The predicted molar refractivity (Wildman–Crippen MR) is 67.2 cm³/mol. The SMILES string of the molecule is CNC1COCC1C(=O)Nc1ccccc1C(F)(F)F. The lowest BCUT2D eigenvalue weighted by atomic mass is 10.0. The minimum absolute atomic E-state index is 0.187. The highest BCUT2D eigenvalue weighted by Gasteiger charge is 2.36. The Morgan fingerprint density at radius 3 is 2.65 bits per heavy atom. The molecule has 0 aliphatic carbocycles. The van der Waals surface area contributed by atoms with Gasteiger partial charge in [-0.15, -0.1) is 0 Å². The first-order valence-electron chi connectivity index (χ1n) is 6.15. The Morgan fingerprint density at radius 1 is 1.30 bits per heavy atom. The van der Waals surface area contributed by atoms with Crippen LogP contribution >= 0.6 is 0 Å². The fourth-order valence-corrected chi connectivity index (χ4v) is 2.16. The second kappa shape index (κ2) is 5.80. The van der Waals surface area contributed by atoms with Crippen LogP contribution in [0.3, 0.4) is 0 Å². The van der Waals surface area contributed by atoms with Crippen molar-refractivity contribution in [3.05, 3.63) is 29.8 Å². The average molecular weight is 288 g/mol. The monoisotopic (exact) mass is 288 g/mol. The number of nitrogens with one attached hydrogen (secondary N) is 2. The van der Waals surface area contributed by atoms with Crippen LogP contribution in [-0.2, 0) is 15.7 Å². The van der Waals surface area contributed by atoms with E-state index in [1.54, 1.807) is 7.05 Å². The van der Waals surface area contributed by atoms with E-state index in [1.807, 2.05) is 0 Å². The molecule has 0 radical (unpaired) electrons. The van der Waals surface area contributed by atoms with E-state index >= 15 is 0 Å². The van der Waals surface area contributed by atoms with Crippen molar-refractivity contribution in [2.75, 3.05) is 25.6 Å². The van der Waals surface area contributed by atoms with Crippen molar-refractivity contribution in [2.45, 2.75) is 12.2 Å². The van der Waals surface area contributed by atoms with Gasteiger partial charge in [0.15, 0.2) is 0 Å². The van der Waals surface area contributed by atoms with Crippen molar-refractivity contribution in [2.24, 2.45) is 5.92 Å². The Bertz CT molecular complexity index is 491. The fraction of sp³-hybridized carbons (Fsp3) is 0.462. The van der Waals surface area contributed by atoms with Crippen LogP contribution in [0.5, 0.6) is 0 Å². The first-order chi connectivity index (χ1) is 9.43. The maximum absolute atomic E-state index is 12.8. The van der Waals surface area contributed by atoms with Gasteiger partial charge in [0.2, 0.25) is 5.91 Å². The molecule has 1 saturated heterocycles. The van der Waals surface area contributed by atoms with Crippen molar-refractivity contribution in [1.82, 2.24) is 5.32 Å². The van der Waals surface area contributed by atoms with E-state index in [0.29, 0.717) is 6.61 Å². The Labute approximate surface area is 114 Å². The number of rotatable bonds is 3. The molecule has 1 aliphatic rings. The number of anilines is 1. The van der Waals surface area contributed by atoms with Gasteiger partial charge in [-0.2, -0.15) is 13.2 Å². The van der Waals surface area contributed by atoms with Crippen molar-refractivity contribution in [3.8, 4) is 0 Å². The number of amides is 1. The third kappa shape index (κ3) is 3.10. The van der Waals surface area contributed by atoms with Crippen LogP contribution < -0.4 is 10.6 Å². The Kier molecular flexibility index (Phi) is 4.29. The van der Waals surface area contributed by atoms with Gasteiger partial charge < -0.3 is 15.4 Å². The molecule has 1 aromatic rings. The van der Waals surface area contributed by atoms with Crippen LogP contribution in [0.15, 0.2) is 24.3 Å². The number of ether oxygens (including phenoxy) is 1. The maximum Gasteiger partial charge on any atom is 0.418 e. The van der Waals surface area contributed by atoms with E-state index in [4.69, 9.17) is 4.74 Å². The summed E-state index contributed by atoms with van der Waals surface area (Å²) in [4.78, 5) is 12.1.